The van der Waals surface area contributed by atoms with Crippen LogP contribution in [0.1, 0.15) is 0 Å². The van der Waals surface area contributed by atoms with Gasteiger partial charge in [-0.2, -0.15) is 0 Å². The van der Waals surface area contributed by atoms with Gasteiger partial charge in [-0.1, -0.05) is 0 Å². The normalized spacial score (nSPS) is 0.923. The molecule has 0 fully saturated rings. The van der Waals surface area contributed by atoms with Crippen LogP contribution in [0, 0.1) is 4.91 Å². The molecule has 0 aliphatic rings. The predicted molar refractivity (Wildman–Crippen MR) is 43.7 cm³/mol. The van der Waals surface area contributed by atoms with Crippen molar-refractivity contribution in [2.45, 2.75) is 0 Å². The summed E-state index contributed by atoms with van der Waals surface area (Å²) in [6.07, 6.45) is 0. The molecule has 13 heavy (non-hydrogen) atoms. The van der Waals surface area contributed by atoms with E-state index < -0.39 is 0 Å². The van der Waals surface area contributed by atoms with Gasteiger partial charge in [0.15, 0.2) is 5.34 Å². The molecule has 0 aliphatic heterocycles. The highest BCUT2D eigenvalue weighted by atomic mass is 16.6. The second kappa shape index (κ2) is 0. The van der Waals surface area contributed by atoms with Gasteiger partial charge in [0, 0.05) is 0 Å². The Labute approximate surface area is 71.6 Å². The van der Waals surface area contributed by atoms with Gasteiger partial charge in [-0.3, -0.25) is 0 Å². The molecule has 0 heterocycles. The van der Waals surface area contributed by atoms with Crippen LogP contribution < -0.4 is 0 Å². The number of hydrogen-bond acceptors (Lipinski definition) is 2. The van der Waals surface area contributed by atoms with E-state index in [2.05, 4.69) is 0 Å². The lowest BCUT2D eigenvalue weighted by Gasteiger charge is -1.32. The Hall–Kier alpha value is -1.00. The van der Waals surface area contributed by atoms with E-state index in [1.165, 1.54) is 5.34 Å². The number of hydrogen-bond donors (Lipinski definition) is 1. The first-order chi connectivity index (χ1) is 1.41. The van der Waals surface area contributed by atoms with E-state index in [-0.39, 0.29) is 54.8 Å². The summed E-state index contributed by atoms with van der Waals surface area (Å²) in [5.74, 6) is 0. The summed E-state index contributed by atoms with van der Waals surface area (Å²) in [6.45, 7) is 0. The summed E-state index contributed by atoms with van der Waals surface area (Å²) in [5.41, 5.74) is 0. The Bertz CT molecular complexity index is 12.6. The summed E-state index contributed by atoms with van der Waals surface area (Å²) in [7, 11) is 0. The van der Waals surface area contributed by atoms with Crippen LogP contribution in [0.5, 0.6) is 0 Å². The second-order valence-corrected chi connectivity index (χ2v) is 0.0816. The van der Waals surface area contributed by atoms with Gasteiger partial charge in [-0.05, 0) is 0 Å². The minimum absolute atomic E-state index is 0. The Balaban J connectivity index is -0.000000000444. The molecule has 0 unspecified atom stereocenters. The molecule has 13 nitrogen and oxygen atoms in total. The zero-order chi connectivity index (χ0) is 2.71. The van der Waals surface area contributed by atoms with Gasteiger partial charge < -0.3 is 60.0 Å². The minimum atomic E-state index is 0. The summed E-state index contributed by atoms with van der Waals surface area (Å²) in [5, 5.41) is 7.89. The Morgan fingerprint density at radius 1 is 0.538 bits per heavy atom. The zero-order valence-corrected chi connectivity index (χ0v) is 6.30. The summed E-state index contributed by atoms with van der Waals surface area (Å²) in [4.78, 5) is 8.11. The van der Waals surface area contributed by atoms with E-state index in [9.17, 15) is 0 Å². The van der Waals surface area contributed by atoms with Gasteiger partial charge >= 0.3 is 0 Å². The molecule has 0 rings (SSSR count). The molecular formula is H21NO12. The predicted octanol–water partition coefficient (Wildman–Crippen LogP) is -8.10. The van der Waals surface area contributed by atoms with E-state index in [4.69, 9.17) is 10.1 Å². The van der Waals surface area contributed by atoms with Gasteiger partial charge in [0.1, 0.15) is 0 Å². The molecule has 0 radical (unpaired) electrons. The van der Waals surface area contributed by atoms with E-state index in [1.54, 1.807) is 0 Å². The Morgan fingerprint density at radius 2 is 0.538 bits per heavy atom. The summed E-state index contributed by atoms with van der Waals surface area (Å²) < 4.78 is 0. The topological polar surface area (TPSA) is 365 Å². The largest absolute Gasteiger partial charge is 0.412 e. The SMILES string of the molecule is O.O.O.O.O.O.O.O.O.O.O=NO. The van der Waals surface area contributed by atoms with Crippen molar-refractivity contribution in [1.29, 1.82) is 0 Å². The van der Waals surface area contributed by atoms with Gasteiger partial charge in [0.05, 0.1) is 0 Å². The summed E-state index contributed by atoms with van der Waals surface area (Å²) >= 11 is 0. The molecule has 0 aliphatic carbocycles. The van der Waals surface area contributed by atoms with Crippen molar-refractivity contribution >= 4 is 0 Å². The molecule has 0 aromatic rings. The van der Waals surface area contributed by atoms with E-state index in [0.717, 1.165) is 0 Å². The van der Waals surface area contributed by atoms with E-state index >= 15 is 0 Å². The van der Waals surface area contributed by atoms with Gasteiger partial charge in [0.25, 0.3) is 0 Å². The molecular weight excluding hydrogens is 206 g/mol. The van der Waals surface area contributed by atoms with Gasteiger partial charge in [-0.15, -0.1) is 4.91 Å². The molecule has 0 amide bonds. The average Bonchev–Trinajstić information content (AvgIpc) is 0.918. The van der Waals surface area contributed by atoms with Crippen LogP contribution in [0.3, 0.4) is 0 Å². The molecule has 0 bridgehead atoms. The molecule has 13 heteroatoms. The zero-order valence-electron chi connectivity index (χ0n) is 6.30. The highest BCUT2D eigenvalue weighted by molar-refractivity contribution is 3.83. The van der Waals surface area contributed by atoms with Crippen molar-refractivity contribution in [2.75, 3.05) is 0 Å². The Morgan fingerprint density at radius 3 is 0.538 bits per heavy atom. The quantitative estimate of drug-likeness (QED) is 0.310. The first-order valence-corrected chi connectivity index (χ1v) is 0.383. The molecule has 0 atom stereocenters. The van der Waals surface area contributed by atoms with Gasteiger partial charge in [-0.25, -0.2) is 0 Å². The molecule has 0 spiro atoms. The van der Waals surface area contributed by atoms with Crippen molar-refractivity contribution in [1.82, 2.24) is 0 Å². The van der Waals surface area contributed by atoms with Crippen molar-refractivity contribution in [2.24, 2.45) is 5.34 Å². The number of nitrogens with zero attached hydrogens (tertiary/aromatic N) is 1. The average molecular weight is 227 g/mol. The smallest absolute Gasteiger partial charge is 0.152 e. The van der Waals surface area contributed by atoms with Crippen LogP contribution in [0.25, 0.3) is 0 Å². The maximum atomic E-state index is 8.11. The molecule has 0 saturated heterocycles. The van der Waals surface area contributed by atoms with E-state index in [0.29, 0.717) is 0 Å². The van der Waals surface area contributed by atoms with Crippen molar-refractivity contribution in [3.63, 3.8) is 0 Å². The van der Waals surface area contributed by atoms with Crippen LogP contribution in [-0.2, 0) is 0 Å². The summed E-state index contributed by atoms with van der Waals surface area (Å²) in [6, 6.07) is 0. The first-order valence-electron chi connectivity index (χ1n) is 0.383. The van der Waals surface area contributed by atoms with Crippen LogP contribution in [0.15, 0.2) is 5.34 Å². The third kappa shape index (κ3) is 891. The standard InChI is InChI=1S/HNO2.10H2O/c2-1-3;;;;;;;;;;/h(H,2,3);10*1H2. The highest BCUT2D eigenvalue weighted by Gasteiger charge is 1.18. The third-order valence-electron chi connectivity index (χ3n) is 0. The molecule has 21 N–H and O–H groups in total. The minimum Gasteiger partial charge on any atom is -0.412 e. The van der Waals surface area contributed by atoms with Crippen molar-refractivity contribution in [3.8, 4) is 0 Å². The Kier molecular flexibility index (Phi) is 0. The monoisotopic (exact) mass is 227 g/mol. The highest BCUT2D eigenvalue weighted by Crippen LogP contribution is 1.25. The van der Waals surface area contributed by atoms with Crippen molar-refractivity contribution < 1.29 is 60.0 Å². The fourth-order valence-corrected chi connectivity index (χ4v) is 0. The van der Waals surface area contributed by atoms with Crippen LogP contribution in [0.4, 0.5) is 0 Å². The maximum absolute atomic E-state index is 8.11. The molecule has 98 valence electrons. The lowest BCUT2D eigenvalue weighted by atomic mass is 13.4. The van der Waals surface area contributed by atoms with Crippen molar-refractivity contribution in [3.05, 3.63) is 4.91 Å². The second-order valence-electron chi connectivity index (χ2n) is 0.0816. The fourth-order valence-electron chi connectivity index (χ4n) is 0. The molecule has 0 aromatic carbocycles. The molecule has 0 saturated carbocycles. The lowest BCUT2D eigenvalue weighted by Crippen LogP contribution is -1.25. The third-order valence-corrected chi connectivity index (χ3v) is 0. The maximum Gasteiger partial charge on any atom is 0.152 e. The van der Waals surface area contributed by atoms with E-state index in [1.807, 2.05) is 0 Å². The first kappa shape index (κ1) is 1450. The van der Waals surface area contributed by atoms with Crippen LogP contribution in [0.2, 0.25) is 0 Å². The van der Waals surface area contributed by atoms with Crippen LogP contribution in [-0.4, -0.2) is 60.0 Å². The lowest BCUT2D eigenvalue weighted by molar-refractivity contribution is 0.312. The molecule has 0 aromatic heterocycles. The fraction of sp³-hybridized carbons (Fsp3) is 0. The van der Waals surface area contributed by atoms with Crippen LogP contribution >= 0.6 is 0 Å². The number of rotatable bonds is 0. The van der Waals surface area contributed by atoms with Gasteiger partial charge in [0.2, 0.25) is 0 Å².